The number of hydrogen-bond donors (Lipinski definition) is 1. The number of fused-ring (bicyclic) bond motifs is 3. The van der Waals surface area contributed by atoms with Gasteiger partial charge in [-0.15, -0.1) is 11.3 Å². The van der Waals surface area contributed by atoms with Crippen molar-refractivity contribution in [2.75, 3.05) is 0 Å². The van der Waals surface area contributed by atoms with Crippen LogP contribution in [0, 0.1) is 11.3 Å². The number of imidazole rings is 1. The predicted octanol–water partition coefficient (Wildman–Crippen LogP) is 4.37. The molecular formula is C20H12N4O2S. The maximum atomic E-state index is 10.9. The lowest BCUT2D eigenvalue weighted by Crippen LogP contribution is -1.94. The maximum Gasteiger partial charge on any atom is 0.220 e. The number of nitriles is 1. The third kappa shape index (κ3) is 2.46. The average Bonchev–Trinajstić information content (AvgIpc) is 3.43. The minimum absolute atomic E-state index is 0.0679. The number of rotatable bonds is 3. The van der Waals surface area contributed by atoms with E-state index in [1.807, 2.05) is 36.4 Å². The standard InChI is InChI=1S/C20H12N4O2S/c21-11-13-7-8-17(27-13)18-19-23-15(10-12-4-3-9-26-12)20(25)24(19)16-6-2-1-5-14(16)22-18/h1-9,25H,10H2. The second-order valence-electron chi connectivity index (χ2n) is 6.02. The van der Waals surface area contributed by atoms with Crippen molar-refractivity contribution in [1.82, 2.24) is 14.4 Å². The highest BCUT2D eigenvalue weighted by Crippen LogP contribution is 2.35. The Hall–Kier alpha value is -3.63. The van der Waals surface area contributed by atoms with Crippen molar-refractivity contribution in [3.63, 3.8) is 0 Å². The van der Waals surface area contributed by atoms with Gasteiger partial charge in [-0.25, -0.2) is 9.97 Å². The molecule has 4 heterocycles. The molecule has 1 aromatic carbocycles. The Bertz CT molecular complexity index is 1330. The molecule has 0 aliphatic carbocycles. The van der Waals surface area contributed by atoms with E-state index in [1.54, 1.807) is 22.8 Å². The summed E-state index contributed by atoms with van der Waals surface area (Å²) in [6.07, 6.45) is 1.97. The van der Waals surface area contributed by atoms with Crippen LogP contribution in [0.3, 0.4) is 0 Å². The first-order chi connectivity index (χ1) is 13.2. The third-order valence-electron chi connectivity index (χ3n) is 4.36. The number of para-hydroxylation sites is 2. The summed E-state index contributed by atoms with van der Waals surface area (Å²) in [7, 11) is 0. The summed E-state index contributed by atoms with van der Waals surface area (Å²) in [6, 6.07) is 17.0. The van der Waals surface area contributed by atoms with Gasteiger partial charge in [0.1, 0.15) is 28.1 Å². The minimum Gasteiger partial charge on any atom is -0.493 e. The molecule has 0 saturated heterocycles. The van der Waals surface area contributed by atoms with Crippen molar-refractivity contribution in [2.24, 2.45) is 0 Å². The molecular weight excluding hydrogens is 360 g/mol. The molecule has 0 saturated carbocycles. The van der Waals surface area contributed by atoms with E-state index in [4.69, 9.17) is 14.7 Å². The molecule has 0 fully saturated rings. The first kappa shape index (κ1) is 15.6. The zero-order valence-electron chi connectivity index (χ0n) is 14.0. The number of furan rings is 1. The van der Waals surface area contributed by atoms with E-state index in [-0.39, 0.29) is 5.88 Å². The van der Waals surface area contributed by atoms with Gasteiger partial charge in [0.25, 0.3) is 0 Å². The predicted molar refractivity (Wildman–Crippen MR) is 102 cm³/mol. The zero-order chi connectivity index (χ0) is 18.4. The fourth-order valence-corrected chi connectivity index (χ4v) is 3.94. The molecule has 6 nitrogen and oxygen atoms in total. The number of benzene rings is 1. The van der Waals surface area contributed by atoms with Crippen molar-refractivity contribution < 1.29 is 9.52 Å². The van der Waals surface area contributed by atoms with Crippen LogP contribution in [0.4, 0.5) is 0 Å². The molecule has 0 atom stereocenters. The van der Waals surface area contributed by atoms with E-state index in [2.05, 4.69) is 11.1 Å². The molecule has 0 aliphatic heterocycles. The SMILES string of the molecule is N#Cc1ccc(-c2nc3ccccc3n3c(O)c(Cc4ccco4)nc23)s1. The van der Waals surface area contributed by atoms with Crippen LogP contribution in [0.25, 0.3) is 27.3 Å². The first-order valence-corrected chi connectivity index (χ1v) is 9.08. The fourth-order valence-electron chi connectivity index (χ4n) is 3.15. The Labute approximate surface area is 157 Å². The molecule has 0 aliphatic rings. The lowest BCUT2D eigenvalue weighted by atomic mass is 10.2. The van der Waals surface area contributed by atoms with E-state index >= 15 is 0 Å². The largest absolute Gasteiger partial charge is 0.493 e. The van der Waals surface area contributed by atoms with Crippen LogP contribution in [-0.4, -0.2) is 19.5 Å². The summed E-state index contributed by atoms with van der Waals surface area (Å²) in [6.45, 7) is 0. The Morgan fingerprint density at radius 3 is 2.78 bits per heavy atom. The molecule has 0 radical (unpaired) electrons. The van der Waals surface area contributed by atoms with Crippen LogP contribution in [-0.2, 0) is 6.42 Å². The summed E-state index contributed by atoms with van der Waals surface area (Å²) >= 11 is 1.35. The Kier molecular flexibility index (Phi) is 3.45. The van der Waals surface area contributed by atoms with Gasteiger partial charge in [0, 0.05) is 0 Å². The molecule has 27 heavy (non-hydrogen) atoms. The van der Waals surface area contributed by atoms with E-state index in [9.17, 15) is 5.11 Å². The van der Waals surface area contributed by atoms with E-state index in [0.29, 0.717) is 28.3 Å². The molecule has 4 aromatic heterocycles. The van der Waals surface area contributed by atoms with E-state index in [0.717, 1.165) is 21.7 Å². The van der Waals surface area contributed by atoms with Gasteiger partial charge in [-0.3, -0.25) is 4.40 Å². The quantitative estimate of drug-likeness (QED) is 0.508. The highest BCUT2D eigenvalue weighted by atomic mass is 32.1. The summed E-state index contributed by atoms with van der Waals surface area (Å²) in [4.78, 5) is 10.9. The lowest BCUT2D eigenvalue weighted by Gasteiger charge is -2.06. The highest BCUT2D eigenvalue weighted by molar-refractivity contribution is 7.16. The number of thiophene rings is 1. The summed E-state index contributed by atoms with van der Waals surface area (Å²) in [5.41, 5.74) is 3.22. The van der Waals surface area contributed by atoms with Gasteiger partial charge in [0.2, 0.25) is 5.88 Å². The van der Waals surface area contributed by atoms with E-state index < -0.39 is 0 Å². The summed E-state index contributed by atoms with van der Waals surface area (Å²) < 4.78 is 7.11. The first-order valence-electron chi connectivity index (χ1n) is 8.26. The topological polar surface area (TPSA) is 87.4 Å². The fraction of sp³-hybridized carbons (Fsp3) is 0.0500. The molecule has 0 bridgehead atoms. The van der Waals surface area contributed by atoms with Crippen LogP contribution < -0.4 is 0 Å². The molecule has 5 aromatic rings. The second-order valence-corrected chi connectivity index (χ2v) is 7.11. The zero-order valence-corrected chi connectivity index (χ0v) is 14.8. The lowest BCUT2D eigenvalue weighted by molar-refractivity contribution is 0.440. The second kappa shape index (κ2) is 5.97. The van der Waals surface area contributed by atoms with Crippen LogP contribution in [0.15, 0.2) is 59.2 Å². The highest BCUT2D eigenvalue weighted by Gasteiger charge is 2.20. The van der Waals surface area contributed by atoms with Gasteiger partial charge in [-0.05, 0) is 36.4 Å². The molecule has 0 unspecified atom stereocenters. The Balaban J connectivity index is 1.82. The number of aromatic hydroxyl groups is 1. The molecule has 130 valence electrons. The summed E-state index contributed by atoms with van der Waals surface area (Å²) in [5, 5.41) is 20.0. The molecule has 7 heteroatoms. The van der Waals surface area contributed by atoms with Crippen LogP contribution in [0.5, 0.6) is 5.88 Å². The maximum absolute atomic E-state index is 10.9. The molecule has 5 rings (SSSR count). The van der Waals surface area contributed by atoms with Crippen LogP contribution in [0.1, 0.15) is 16.3 Å². The third-order valence-corrected chi connectivity index (χ3v) is 5.36. The van der Waals surface area contributed by atoms with Gasteiger partial charge in [-0.2, -0.15) is 5.26 Å². The van der Waals surface area contributed by atoms with E-state index in [1.165, 1.54) is 11.3 Å². The number of nitrogens with zero attached hydrogens (tertiary/aromatic N) is 4. The normalized spacial score (nSPS) is 11.2. The molecule has 0 amide bonds. The monoisotopic (exact) mass is 372 g/mol. The van der Waals surface area contributed by atoms with Crippen molar-refractivity contribution >= 4 is 28.0 Å². The average molecular weight is 372 g/mol. The van der Waals surface area contributed by atoms with Crippen molar-refractivity contribution in [2.45, 2.75) is 6.42 Å². The van der Waals surface area contributed by atoms with Gasteiger partial charge in [-0.1, -0.05) is 12.1 Å². The number of aromatic nitrogens is 3. The minimum atomic E-state index is 0.0679. The number of hydrogen-bond acceptors (Lipinski definition) is 6. The van der Waals surface area contributed by atoms with Gasteiger partial charge in [0.15, 0.2) is 5.65 Å². The molecule has 1 N–H and O–H groups in total. The van der Waals surface area contributed by atoms with Crippen molar-refractivity contribution in [3.05, 3.63) is 71.1 Å². The smallest absolute Gasteiger partial charge is 0.220 e. The van der Waals surface area contributed by atoms with Gasteiger partial charge in [0.05, 0.1) is 28.6 Å². The summed E-state index contributed by atoms with van der Waals surface area (Å²) in [5.74, 6) is 0.786. The Morgan fingerprint density at radius 2 is 2.00 bits per heavy atom. The van der Waals surface area contributed by atoms with Crippen LogP contribution >= 0.6 is 11.3 Å². The molecule has 0 spiro atoms. The van der Waals surface area contributed by atoms with Crippen molar-refractivity contribution in [1.29, 1.82) is 5.26 Å². The van der Waals surface area contributed by atoms with Gasteiger partial charge >= 0.3 is 0 Å². The van der Waals surface area contributed by atoms with Crippen LogP contribution in [0.2, 0.25) is 0 Å². The van der Waals surface area contributed by atoms with Gasteiger partial charge < -0.3 is 9.52 Å². The Morgan fingerprint density at radius 1 is 1.11 bits per heavy atom. The van der Waals surface area contributed by atoms with Crippen molar-refractivity contribution in [3.8, 4) is 22.5 Å².